The Morgan fingerprint density at radius 2 is 2.19 bits per heavy atom. The van der Waals surface area contributed by atoms with E-state index in [0.29, 0.717) is 24.8 Å². The summed E-state index contributed by atoms with van der Waals surface area (Å²) in [6.07, 6.45) is -3.28. The maximum atomic E-state index is 12.9. The van der Waals surface area contributed by atoms with Crippen LogP contribution >= 0.6 is 11.6 Å². The molecule has 31 heavy (non-hydrogen) atoms. The van der Waals surface area contributed by atoms with Crippen molar-refractivity contribution < 1.29 is 22.7 Å². The molecule has 0 spiro atoms. The molecule has 7 nitrogen and oxygen atoms in total. The predicted octanol–water partition coefficient (Wildman–Crippen LogP) is 3.80. The topological polar surface area (TPSA) is 79.4 Å². The molecule has 0 amide bonds. The molecule has 11 heteroatoms. The van der Waals surface area contributed by atoms with Gasteiger partial charge in [0.25, 0.3) is 0 Å². The van der Waals surface area contributed by atoms with Crippen LogP contribution in [0, 0.1) is 0 Å². The van der Waals surface area contributed by atoms with E-state index in [1.165, 1.54) is 6.92 Å². The van der Waals surface area contributed by atoms with Gasteiger partial charge in [-0.3, -0.25) is 4.79 Å². The van der Waals surface area contributed by atoms with Crippen molar-refractivity contribution in [2.45, 2.75) is 32.5 Å². The molecule has 1 aromatic carbocycles. The van der Waals surface area contributed by atoms with E-state index in [0.717, 1.165) is 24.3 Å². The fraction of sp³-hybridized carbons (Fsp3) is 0.450. The van der Waals surface area contributed by atoms with Crippen LogP contribution in [-0.2, 0) is 22.1 Å². The zero-order valence-electron chi connectivity index (χ0n) is 17.1. The Hall–Kier alpha value is -2.59. The summed E-state index contributed by atoms with van der Waals surface area (Å²) in [5.41, 5.74) is 1.49. The number of carbonyl (C=O) groups excluding carboxylic acids is 1. The summed E-state index contributed by atoms with van der Waals surface area (Å²) >= 11 is 5.69. The van der Waals surface area contributed by atoms with Crippen LogP contribution in [0.25, 0.3) is 0 Å². The maximum Gasteiger partial charge on any atom is 0.420 e. The second-order valence-corrected chi connectivity index (χ2v) is 7.43. The van der Waals surface area contributed by atoms with E-state index in [4.69, 9.17) is 16.3 Å². The highest BCUT2D eigenvalue weighted by atomic mass is 35.5. The van der Waals surface area contributed by atoms with E-state index >= 15 is 0 Å². The first-order chi connectivity index (χ1) is 14.7. The zero-order chi connectivity index (χ0) is 22.6. The lowest BCUT2D eigenvalue weighted by Gasteiger charge is -2.38. The van der Waals surface area contributed by atoms with E-state index < -0.39 is 16.9 Å². The van der Waals surface area contributed by atoms with Crippen LogP contribution in [0.4, 0.5) is 30.5 Å². The lowest BCUT2D eigenvalue weighted by molar-refractivity contribution is -0.141. The van der Waals surface area contributed by atoms with Gasteiger partial charge in [-0.05, 0) is 30.2 Å². The molecule has 2 aromatic rings. The number of hydrogen-bond donors (Lipinski definition) is 2. The van der Waals surface area contributed by atoms with Crippen molar-refractivity contribution in [1.82, 2.24) is 15.3 Å². The van der Waals surface area contributed by atoms with Gasteiger partial charge in [-0.2, -0.15) is 13.2 Å². The van der Waals surface area contributed by atoms with Crippen LogP contribution in [0.2, 0.25) is 5.15 Å². The molecule has 1 aliphatic heterocycles. The molecule has 168 valence electrons. The Bertz CT molecular complexity index is 942. The molecular weight excluding hydrogens is 435 g/mol. The molecule has 1 saturated heterocycles. The number of hydrogen-bond acceptors (Lipinski definition) is 7. The van der Waals surface area contributed by atoms with Gasteiger partial charge in [-0.1, -0.05) is 18.5 Å². The third-order valence-electron chi connectivity index (χ3n) is 4.92. The van der Waals surface area contributed by atoms with Crippen molar-refractivity contribution in [1.29, 1.82) is 0 Å². The van der Waals surface area contributed by atoms with E-state index in [2.05, 4.69) is 25.5 Å². The van der Waals surface area contributed by atoms with Crippen molar-refractivity contribution in [2.75, 3.05) is 36.5 Å². The molecule has 1 aliphatic rings. The number of alkyl halides is 3. The summed E-state index contributed by atoms with van der Waals surface area (Å²) < 4.78 is 43.8. The number of esters is 1. The van der Waals surface area contributed by atoms with Gasteiger partial charge in [-0.25, -0.2) is 9.97 Å². The predicted molar refractivity (Wildman–Crippen MR) is 112 cm³/mol. The first kappa shape index (κ1) is 23.1. The summed E-state index contributed by atoms with van der Waals surface area (Å²) in [6.45, 7) is 5.87. The van der Waals surface area contributed by atoms with Crippen LogP contribution in [0.5, 0.6) is 0 Å². The number of nitrogens with one attached hydrogen (secondary N) is 2. The fourth-order valence-corrected chi connectivity index (χ4v) is 3.60. The molecule has 2 heterocycles. The molecule has 1 aromatic heterocycles. The number of aryl methyl sites for hydroxylation is 1. The van der Waals surface area contributed by atoms with E-state index in [-0.39, 0.29) is 24.6 Å². The highest BCUT2D eigenvalue weighted by molar-refractivity contribution is 6.30. The summed E-state index contributed by atoms with van der Waals surface area (Å²) in [6, 6.07) is 5.73. The first-order valence-electron chi connectivity index (χ1n) is 9.79. The minimum atomic E-state index is -4.61. The van der Waals surface area contributed by atoms with Crippen LogP contribution < -0.4 is 15.5 Å². The van der Waals surface area contributed by atoms with Crippen molar-refractivity contribution in [3.63, 3.8) is 0 Å². The maximum absolute atomic E-state index is 12.9. The smallest absolute Gasteiger partial charge is 0.420 e. The standard InChI is InChI=1S/C20H23ClF3N5O2/c1-3-13-8-14(29-7-6-25-9-15(29)11-31-12(2)30)4-5-17(13)27-19-26-10-16(18(21)28-19)20(22,23)24/h4-5,8,10,15,25H,3,6-7,9,11H2,1-2H3,(H,26,27,28). The molecule has 1 fully saturated rings. The van der Waals surface area contributed by atoms with Gasteiger partial charge in [0.1, 0.15) is 17.3 Å². The Labute approximate surface area is 183 Å². The lowest BCUT2D eigenvalue weighted by Crippen LogP contribution is -2.53. The number of halogens is 4. The van der Waals surface area contributed by atoms with Crippen molar-refractivity contribution in [3.8, 4) is 0 Å². The Morgan fingerprint density at radius 1 is 1.42 bits per heavy atom. The summed E-state index contributed by atoms with van der Waals surface area (Å²) in [7, 11) is 0. The van der Waals surface area contributed by atoms with Gasteiger partial charge < -0.3 is 20.3 Å². The number of benzene rings is 1. The van der Waals surface area contributed by atoms with Crippen molar-refractivity contribution in [2.24, 2.45) is 0 Å². The minimum absolute atomic E-state index is 0.00165. The van der Waals surface area contributed by atoms with Crippen LogP contribution in [-0.4, -0.2) is 48.2 Å². The van der Waals surface area contributed by atoms with Gasteiger partial charge >= 0.3 is 12.1 Å². The third kappa shape index (κ3) is 5.76. The minimum Gasteiger partial charge on any atom is -0.464 e. The molecule has 0 radical (unpaired) electrons. The van der Waals surface area contributed by atoms with E-state index in [1.54, 1.807) is 0 Å². The summed E-state index contributed by atoms with van der Waals surface area (Å²) in [5, 5.41) is 5.59. The largest absolute Gasteiger partial charge is 0.464 e. The number of anilines is 3. The molecule has 2 N–H and O–H groups in total. The van der Waals surface area contributed by atoms with Gasteiger partial charge in [0.2, 0.25) is 5.95 Å². The number of rotatable bonds is 6. The highest BCUT2D eigenvalue weighted by Gasteiger charge is 2.34. The van der Waals surface area contributed by atoms with Crippen LogP contribution in [0.15, 0.2) is 24.4 Å². The summed E-state index contributed by atoms with van der Waals surface area (Å²) in [5.74, 6) is -0.343. The lowest BCUT2D eigenvalue weighted by atomic mass is 10.1. The van der Waals surface area contributed by atoms with E-state index in [9.17, 15) is 18.0 Å². The zero-order valence-corrected chi connectivity index (χ0v) is 17.8. The summed E-state index contributed by atoms with van der Waals surface area (Å²) in [4.78, 5) is 20.8. The average Bonchev–Trinajstić information content (AvgIpc) is 2.72. The van der Waals surface area contributed by atoms with Crippen molar-refractivity contribution in [3.05, 3.63) is 40.7 Å². The molecule has 3 rings (SSSR count). The molecule has 1 atom stereocenters. The van der Waals surface area contributed by atoms with Gasteiger partial charge in [0.05, 0.1) is 6.04 Å². The normalized spacial score (nSPS) is 16.8. The van der Waals surface area contributed by atoms with Gasteiger partial charge in [0, 0.05) is 44.1 Å². The number of piperazine rings is 1. The highest BCUT2D eigenvalue weighted by Crippen LogP contribution is 2.34. The van der Waals surface area contributed by atoms with Crippen LogP contribution in [0.3, 0.4) is 0 Å². The Balaban J connectivity index is 1.81. The van der Waals surface area contributed by atoms with Crippen molar-refractivity contribution >= 4 is 34.9 Å². The number of nitrogens with zero attached hydrogens (tertiary/aromatic N) is 3. The Morgan fingerprint density at radius 3 is 2.84 bits per heavy atom. The molecule has 0 aliphatic carbocycles. The number of ether oxygens (including phenoxy) is 1. The second-order valence-electron chi connectivity index (χ2n) is 7.07. The number of carbonyl (C=O) groups is 1. The van der Waals surface area contributed by atoms with Gasteiger partial charge in [-0.15, -0.1) is 0 Å². The SMILES string of the molecule is CCc1cc(N2CCNCC2COC(C)=O)ccc1Nc1ncc(C(F)(F)F)c(Cl)n1. The molecular formula is C20H23ClF3N5O2. The number of aromatic nitrogens is 2. The molecule has 1 unspecified atom stereocenters. The first-order valence-corrected chi connectivity index (χ1v) is 10.2. The fourth-order valence-electron chi connectivity index (χ4n) is 3.37. The average molecular weight is 458 g/mol. The van der Waals surface area contributed by atoms with Gasteiger partial charge in [0.15, 0.2) is 0 Å². The Kier molecular flexibility index (Phi) is 7.22. The quantitative estimate of drug-likeness (QED) is 0.504. The second kappa shape index (κ2) is 9.69. The molecule has 0 saturated carbocycles. The van der Waals surface area contributed by atoms with E-state index in [1.807, 2.05) is 25.1 Å². The third-order valence-corrected chi connectivity index (χ3v) is 5.21. The monoisotopic (exact) mass is 457 g/mol. The molecule has 0 bridgehead atoms. The van der Waals surface area contributed by atoms with Crippen LogP contribution in [0.1, 0.15) is 25.0 Å².